The SMILES string of the molecule is CCc1ccnc(N2CCC(=O)CC2)n1. The average Bonchev–Trinajstić information content (AvgIpc) is 2.30. The summed E-state index contributed by atoms with van der Waals surface area (Å²) < 4.78 is 0. The average molecular weight is 205 g/mol. The third-order valence-electron chi connectivity index (χ3n) is 2.67. The number of Topliss-reactive ketones (excluding diaryl/α,β-unsaturated/α-hetero) is 1. The van der Waals surface area contributed by atoms with Crippen molar-refractivity contribution in [3.05, 3.63) is 18.0 Å². The summed E-state index contributed by atoms with van der Waals surface area (Å²) in [6, 6.07) is 1.93. The number of nitrogens with zero attached hydrogens (tertiary/aromatic N) is 3. The van der Waals surface area contributed by atoms with Gasteiger partial charge in [-0.05, 0) is 12.5 Å². The number of ketones is 1. The summed E-state index contributed by atoms with van der Waals surface area (Å²) >= 11 is 0. The molecule has 4 heteroatoms. The van der Waals surface area contributed by atoms with E-state index in [0.717, 1.165) is 31.2 Å². The summed E-state index contributed by atoms with van der Waals surface area (Å²) in [5, 5.41) is 0. The molecule has 1 aromatic heterocycles. The molecule has 0 bridgehead atoms. The number of carbonyl (C=O) groups is 1. The Kier molecular flexibility index (Phi) is 2.94. The van der Waals surface area contributed by atoms with Crippen molar-refractivity contribution in [1.82, 2.24) is 9.97 Å². The minimum atomic E-state index is 0.345. The van der Waals surface area contributed by atoms with Crippen LogP contribution in [0.3, 0.4) is 0 Å². The highest BCUT2D eigenvalue weighted by molar-refractivity contribution is 5.80. The van der Waals surface area contributed by atoms with E-state index in [1.165, 1.54) is 0 Å². The van der Waals surface area contributed by atoms with Crippen LogP contribution in [-0.2, 0) is 11.2 Å². The van der Waals surface area contributed by atoms with Crippen LogP contribution in [0.25, 0.3) is 0 Å². The van der Waals surface area contributed by atoms with Crippen LogP contribution >= 0.6 is 0 Å². The second kappa shape index (κ2) is 4.38. The van der Waals surface area contributed by atoms with Gasteiger partial charge in [0.2, 0.25) is 5.95 Å². The normalized spacial score (nSPS) is 16.9. The fourth-order valence-corrected chi connectivity index (χ4v) is 1.69. The maximum Gasteiger partial charge on any atom is 0.225 e. The van der Waals surface area contributed by atoms with Crippen LogP contribution in [-0.4, -0.2) is 28.8 Å². The molecular formula is C11H15N3O. The molecule has 0 aromatic carbocycles. The smallest absolute Gasteiger partial charge is 0.225 e. The molecule has 1 aliphatic rings. The van der Waals surface area contributed by atoms with Crippen molar-refractivity contribution in [3.8, 4) is 0 Å². The maximum atomic E-state index is 11.1. The Bertz CT molecular complexity index is 355. The number of piperidine rings is 1. The van der Waals surface area contributed by atoms with Crippen LogP contribution < -0.4 is 4.90 Å². The molecule has 1 saturated heterocycles. The lowest BCUT2D eigenvalue weighted by Crippen LogP contribution is -2.35. The first kappa shape index (κ1) is 10.1. The van der Waals surface area contributed by atoms with Crippen molar-refractivity contribution >= 4 is 11.7 Å². The lowest BCUT2D eigenvalue weighted by atomic mass is 10.1. The quantitative estimate of drug-likeness (QED) is 0.728. The molecule has 0 amide bonds. The third kappa shape index (κ3) is 2.32. The minimum absolute atomic E-state index is 0.345. The van der Waals surface area contributed by atoms with Crippen LogP contribution in [0.4, 0.5) is 5.95 Å². The molecular weight excluding hydrogens is 190 g/mol. The highest BCUT2D eigenvalue weighted by atomic mass is 16.1. The van der Waals surface area contributed by atoms with Crippen molar-refractivity contribution in [2.45, 2.75) is 26.2 Å². The first-order valence-electron chi connectivity index (χ1n) is 5.38. The second-order valence-electron chi connectivity index (χ2n) is 3.73. The zero-order valence-electron chi connectivity index (χ0n) is 8.94. The summed E-state index contributed by atoms with van der Waals surface area (Å²) in [7, 11) is 0. The van der Waals surface area contributed by atoms with Gasteiger partial charge in [-0.15, -0.1) is 0 Å². The Morgan fingerprint density at radius 3 is 2.80 bits per heavy atom. The molecule has 1 aliphatic heterocycles. The predicted molar refractivity (Wildman–Crippen MR) is 57.9 cm³/mol. The number of hydrogen-bond donors (Lipinski definition) is 0. The zero-order valence-corrected chi connectivity index (χ0v) is 8.94. The molecule has 2 rings (SSSR count). The van der Waals surface area contributed by atoms with E-state index >= 15 is 0 Å². The molecule has 15 heavy (non-hydrogen) atoms. The van der Waals surface area contributed by atoms with Crippen LogP contribution in [0.2, 0.25) is 0 Å². The van der Waals surface area contributed by atoms with Gasteiger partial charge in [-0.1, -0.05) is 6.92 Å². The van der Waals surface area contributed by atoms with Crippen LogP contribution in [0.5, 0.6) is 0 Å². The van der Waals surface area contributed by atoms with Gasteiger partial charge in [0.05, 0.1) is 0 Å². The number of hydrogen-bond acceptors (Lipinski definition) is 4. The molecule has 0 atom stereocenters. The number of rotatable bonds is 2. The van der Waals surface area contributed by atoms with Gasteiger partial charge in [-0.2, -0.15) is 0 Å². The molecule has 0 spiro atoms. The van der Waals surface area contributed by atoms with Crippen LogP contribution in [0, 0.1) is 0 Å². The van der Waals surface area contributed by atoms with E-state index in [0.29, 0.717) is 18.6 Å². The Labute approximate surface area is 89.3 Å². The van der Waals surface area contributed by atoms with Crippen molar-refractivity contribution in [3.63, 3.8) is 0 Å². The first-order chi connectivity index (χ1) is 7.29. The monoisotopic (exact) mass is 205 g/mol. The Morgan fingerprint density at radius 1 is 1.40 bits per heavy atom. The topological polar surface area (TPSA) is 46.1 Å². The second-order valence-corrected chi connectivity index (χ2v) is 3.73. The molecule has 0 unspecified atom stereocenters. The van der Waals surface area contributed by atoms with Gasteiger partial charge in [0.1, 0.15) is 5.78 Å². The first-order valence-corrected chi connectivity index (χ1v) is 5.38. The number of anilines is 1. The fraction of sp³-hybridized carbons (Fsp3) is 0.545. The highest BCUT2D eigenvalue weighted by Gasteiger charge is 2.18. The van der Waals surface area contributed by atoms with E-state index in [-0.39, 0.29) is 0 Å². The lowest BCUT2D eigenvalue weighted by molar-refractivity contribution is -0.119. The third-order valence-corrected chi connectivity index (χ3v) is 2.67. The maximum absolute atomic E-state index is 11.1. The number of aryl methyl sites for hydroxylation is 1. The molecule has 0 N–H and O–H groups in total. The molecule has 1 fully saturated rings. The van der Waals surface area contributed by atoms with E-state index in [1.54, 1.807) is 6.20 Å². The lowest BCUT2D eigenvalue weighted by Gasteiger charge is -2.25. The molecule has 80 valence electrons. The Hall–Kier alpha value is -1.45. The highest BCUT2D eigenvalue weighted by Crippen LogP contribution is 2.13. The van der Waals surface area contributed by atoms with Crippen molar-refractivity contribution < 1.29 is 4.79 Å². The number of carbonyl (C=O) groups excluding carboxylic acids is 1. The van der Waals surface area contributed by atoms with Gasteiger partial charge in [-0.3, -0.25) is 4.79 Å². The van der Waals surface area contributed by atoms with Crippen molar-refractivity contribution in [2.24, 2.45) is 0 Å². The van der Waals surface area contributed by atoms with Gasteiger partial charge in [0.25, 0.3) is 0 Å². The summed E-state index contributed by atoms with van der Waals surface area (Å²) in [5.41, 5.74) is 1.05. The van der Waals surface area contributed by atoms with E-state index in [2.05, 4.69) is 21.8 Å². The Balaban J connectivity index is 2.11. The molecule has 2 heterocycles. The van der Waals surface area contributed by atoms with Crippen LogP contribution in [0.15, 0.2) is 12.3 Å². The molecule has 4 nitrogen and oxygen atoms in total. The van der Waals surface area contributed by atoms with E-state index in [1.807, 2.05) is 6.07 Å². The standard InChI is InChI=1S/C11H15N3O/c1-2-9-3-6-12-11(13-9)14-7-4-10(15)5-8-14/h3,6H,2,4-5,7-8H2,1H3. The molecule has 0 aliphatic carbocycles. The van der Waals surface area contributed by atoms with Gasteiger partial charge in [0, 0.05) is 37.8 Å². The Morgan fingerprint density at radius 2 is 2.13 bits per heavy atom. The van der Waals surface area contributed by atoms with Crippen molar-refractivity contribution in [1.29, 1.82) is 0 Å². The van der Waals surface area contributed by atoms with Crippen molar-refractivity contribution in [2.75, 3.05) is 18.0 Å². The predicted octanol–water partition coefficient (Wildman–Crippen LogP) is 1.21. The van der Waals surface area contributed by atoms with Gasteiger partial charge < -0.3 is 4.90 Å². The summed E-state index contributed by atoms with van der Waals surface area (Å²) in [6.07, 6.45) is 3.96. The van der Waals surface area contributed by atoms with E-state index in [4.69, 9.17) is 0 Å². The molecule has 0 saturated carbocycles. The summed E-state index contributed by atoms with van der Waals surface area (Å²) in [5.74, 6) is 1.11. The number of aromatic nitrogens is 2. The summed E-state index contributed by atoms with van der Waals surface area (Å²) in [4.78, 5) is 21.9. The van der Waals surface area contributed by atoms with Crippen LogP contribution in [0.1, 0.15) is 25.5 Å². The van der Waals surface area contributed by atoms with Gasteiger partial charge in [-0.25, -0.2) is 9.97 Å². The minimum Gasteiger partial charge on any atom is -0.340 e. The molecule has 1 aromatic rings. The van der Waals surface area contributed by atoms with Gasteiger partial charge in [0.15, 0.2) is 0 Å². The van der Waals surface area contributed by atoms with E-state index < -0.39 is 0 Å². The van der Waals surface area contributed by atoms with Gasteiger partial charge >= 0.3 is 0 Å². The molecule has 0 radical (unpaired) electrons. The fourth-order valence-electron chi connectivity index (χ4n) is 1.69. The zero-order chi connectivity index (χ0) is 10.7. The summed E-state index contributed by atoms with van der Waals surface area (Å²) in [6.45, 7) is 3.59. The largest absolute Gasteiger partial charge is 0.340 e. The van der Waals surface area contributed by atoms with E-state index in [9.17, 15) is 4.79 Å².